The van der Waals surface area contributed by atoms with Crippen molar-refractivity contribution in [3.63, 3.8) is 0 Å². The minimum atomic E-state index is 0.574. The van der Waals surface area contributed by atoms with Crippen LogP contribution < -0.4 is 0 Å². The minimum absolute atomic E-state index is 0.574. The van der Waals surface area contributed by atoms with Gasteiger partial charge in [-0.1, -0.05) is 0 Å². The first-order valence-electron chi connectivity index (χ1n) is 6.19. The van der Waals surface area contributed by atoms with E-state index in [9.17, 15) is 0 Å². The lowest BCUT2D eigenvalue weighted by Gasteiger charge is -2.35. The fourth-order valence-corrected chi connectivity index (χ4v) is 3.43. The molecule has 0 saturated carbocycles. The molecule has 0 aliphatic carbocycles. The molecule has 1 aromatic heterocycles. The molecule has 2 saturated heterocycles. The summed E-state index contributed by atoms with van der Waals surface area (Å²) in [6.45, 7) is 2.55. The zero-order valence-electron chi connectivity index (χ0n) is 9.48. The summed E-state index contributed by atoms with van der Waals surface area (Å²) < 4.78 is 2.29. The number of nitrogens with zero attached hydrogens (tertiary/aromatic N) is 3. The lowest BCUT2D eigenvalue weighted by atomic mass is 9.97. The monoisotopic (exact) mass is 239 g/mol. The Bertz CT molecular complexity index is 363. The highest BCUT2D eigenvalue weighted by Crippen LogP contribution is 2.33. The van der Waals surface area contributed by atoms with Gasteiger partial charge in [0.25, 0.3) is 0 Å². The van der Waals surface area contributed by atoms with E-state index in [1.807, 2.05) is 12.5 Å². The largest absolute Gasteiger partial charge is 0.330 e. The molecular formula is C12H18ClN3. The average molecular weight is 240 g/mol. The predicted octanol–water partition coefficient (Wildman–Crippen LogP) is 2.42. The molecule has 2 atom stereocenters. The van der Waals surface area contributed by atoms with Crippen molar-refractivity contribution in [2.45, 2.75) is 43.6 Å². The van der Waals surface area contributed by atoms with Crippen LogP contribution in [0.3, 0.4) is 0 Å². The maximum absolute atomic E-state index is 5.93. The summed E-state index contributed by atoms with van der Waals surface area (Å²) in [7, 11) is 0. The number of imidazole rings is 1. The summed E-state index contributed by atoms with van der Waals surface area (Å²) in [4.78, 5) is 6.87. The first-order chi connectivity index (χ1) is 7.88. The normalized spacial score (nSPS) is 30.6. The van der Waals surface area contributed by atoms with Gasteiger partial charge in [-0.05, 0) is 32.2 Å². The Morgan fingerprint density at radius 2 is 2.25 bits per heavy atom. The third-order valence-corrected chi connectivity index (χ3v) is 4.34. The quantitative estimate of drug-likeness (QED) is 0.740. The molecule has 4 heteroatoms. The van der Waals surface area contributed by atoms with Crippen molar-refractivity contribution in [1.82, 2.24) is 14.5 Å². The van der Waals surface area contributed by atoms with Crippen LogP contribution in [0.5, 0.6) is 0 Å². The smallest absolute Gasteiger partial charge is 0.0951 e. The van der Waals surface area contributed by atoms with Crippen molar-refractivity contribution in [2.24, 2.45) is 0 Å². The highest BCUT2D eigenvalue weighted by atomic mass is 35.5. The molecule has 88 valence electrons. The third kappa shape index (κ3) is 1.76. The Labute approximate surface area is 101 Å². The van der Waals surface area contributed by atoms with Gasteiger partial charge >= 0.3 is 0 Å². The number of alkyl halides is 1. The van der Waals surface area contributed by atoms with E-state index < -0.39 is 0 Å². The fraction of sp³-hybridized carbons (Fsp3) is 0.750. The van der Waals surface area contributed by atoms with E-state index in [2.05, 4.69) is 14.5 Å². The lowest BCUT2D eigenvalue weighted by molar-refractivity contribution is 0.154. The molecule has 0 bridgehead atoms. The molecule has 3 nitrogen and oxygen atoms in total. The number of halogens is 1. The molecule has 3 heterocycles. The van der Waals surface area contributed by atoms with Crippen molar-refractivity contribution >= 4 is 11.6 Å². The number of hydrogen-bond acceptors (Lipinski definition) is 2. The van der Waals surface area contributed by atoms with E-state index in [-0.39, 0.29) is 0 Å². The van der Waals surface area contributed by atoms with Gasteiger partial charge < -0.3 is 9.47 Å². The summed E-state index contributed by atoms with van der Waals surface area (Å²) >= 11 is 5.93. The van der Waals surface area contributed by atoms with E-state index >= 15 is 0 Å². The van der Waals surface area contributed by atoms with Crippen LogP contribution in [0.1, 0.15) is 37.4 Å². The average Bonchev–Trinajstić information content (AvgIpc) is 2.96. The van der Waals surface area contributed by atoms with Crippen molar-refractivity contribution < 1.29 is 0 Å². The Balaban J connectivity index is 1.76. The maximum atomic E-state index is 5.93. The van der Waals surface area contributed by atoms with Gasteiger partial charge in [0.15, 0.2) is 0 Å². The molecule has 0 N–H and O–H groups in total. The van der Waals surface area contributed by atoms with Gasteiger partial charge in [0, 0.05) is 24.8 Å². The fourth-order valence-electron chi connectivity index (χ4n) is 3.22. The van der Waals surface area contributed by atoms with Crippen LogP contribution in [0.15, 0.2) is 12.5 Å². The molecule has 0 aromatic carbocycles. The van der Waals surface area contributed by atoms with Gasteiger partial charge in [0.1, 0.15) is 0 Å². The predicted molar refractivity (Wildman–Crippen MR) is 64.7 cm³/mol. The second-order valence-electron chi connectivity index (χ2n) is 4.94. The molecule has 0 amide bonds. The van der Waals surface area contributed by atoms with Crippen LogP contribution in [0, 0.1) is 0 Å². The highest BCUT2D eigenvalue weighted by molar-refractivity contribution is 6.16. The molecule has 3 rings (SSSR count). The highest BCUT2D eigenvalue weighted by Gasteiger charge is 2.32. The molecule has 1 aromatic rings. The second-order valence-corrected chi connectivity index (χ2v) is 5.20. The van der Waals surface area contributed by atoms with E-state index in [1.165, 1.54) is 38.8 Å². The SMILES string of the molecule is ClCc1cncn1C1CCN2CCCC2C1. The van der Waals surface area contributed by atoms with Gasteiger partial charge in [-0.3, -0.25) is 0 Å². The van der Waals surface area contributed by atoms with Gasteiger partial charge in [-0.25, -0.2) is 4.98 Å². The van der Waals surface area contributed by atoms with Crippen LogP contribution in [-0.4, -0.2) is 33.6 Å². The second kappa shape index (κ2) is 4.38. The summed E-state index contributed by atoms with van der Waals surface area (Å²) in [5.41, 5.74) is 1.16. The summed E-state index contributed by atoms with van der Waals surface area (Å²) in [6.07, 6.45) is 9.13. The van der Waals surface area contributed by atoms with Gasteiger partial charge in [-0.15, -0.1) is 11.6 Å². The van der Waals surface area contributed by atoms with Crippen molar-refractivity contribution in [2.75, 3.05) is 13.1 Å². The van der Waals surface area contributed by atoms with E-state index in [4.69, 9.17) is 11.6 Å². The topological polar surface area (TPSA) is 21.1 Å². The lowest BCUT2D eigenvalue weighted by Crippen LogP contribution is -2.38. The van der Waals surface area contributed by atoms with Gasteiger partial charge in [0.05, 0.1) is 17.9 Å². The zero-order valence-corrected chi connectivity index (χ0v) is 10.2. The molecular weight excluding hydrogens is 222 g/mol. The van der Waals surface area contributed by atoms with Crippen LogP contribution >= 0.6 is 11.6 Å². The summed E-state index contributed by atoms with van der Waals surface area (Å²) in [6, 6.07) is 1.43. The third-order valence-electron chi connectivity index (χ3n) is 4.07. The van der Waals surface area contributed by atoms with Crippen molar-refractivity contribution in [3.8, 4) is 0 Å². The van der Waals surface area contributed by atoms with E-state index in [1.54, 1.807) is 0 Å². The van der Waals surface area contributed by atoms with Crippen molar-refractivity contribution in [1.29, 1.82) is 0 Å². The molecule has 2 unspecified atom stereocenters. The number of aromatic nitrogens is 2. The van der Waals surface area contributed by atoms with Crippen molar-refractivity contribution in [3.05, 3.63) is 18.2 Å². The number of rotatable bonds is 2. The van der Waals surface area contributed by atoms with Crippen LogP contribution in [0.4, 0.5) is 0 Å². The Morgan fingerprint density at radius 1 is 1.31 bits per heavy atom. The first-order valence-corrected chi connectivity index (χ1v) is 6.72. The molecule has 2 aliphatic heterocycles. The molecule has 0 radical (unpaired) electrons. The molecule has 0 spiro atoms. The number of piperidine rings is 1. The Morgan fingerprint density at radius 3 is 3.12 bits per heavy atom. The van der Waals surface area contributed by atoms with Crippen LogP contribution in [0.25, 0.3) is 0 Å². The van der Waals surface area contributed by atoms with Crippen LogP contribution in [0.2, 0.25) is 0 Å². The summed E-state index contributed by atoms with van der Waals surface area (Å²) in [5, 5.41) is 0. The van der Waals surface area contributed by atoms with Gasteiger partial charge in [0.2, 0.25) is 0 Å². The molecule has 2 aliphatic rings. The number of hydrogen-bond donors (Lipinski definition) is 0. The number of fused-ring (bicyclic) bond motifs is 1. The molecule has 16 heavy (non-hydrogen) atoms. The standard InChI is InChI=1S/C12H18ClN3/c13-7-12-8-14-9-16(12)11-3-5-15-4-1-2-10(15)6-11/h8-11H,1-7H2. The van der Waals surface area contributed by atoms with Gasteiger partial charge in [-0.2, -0.15) is 0 Å². The minimum Gasteiger partial charge on any atom is -0.330 e. The van der Waals surface area contributed by atoms with E-state index in [0.29, 0.717) is 11.9 Å². The first kappa shape index (κ1) is 10.6. The molecule has 2 fully saturated rings. The zero-order chi connectivity index (χ0) is 11.0. The Kier molecular flexibility index (Phi) is 2.90. The summed E-state index contributed by atoms with van der Waals surface area (Å²) in [5.74, 6) is 0.574. The maximum Gasteiger partial charge on any atom is 0.0951 e. The van der Waals surface area contributed by atoms with E-state index in [0.717, 1.165) is 11.7 Å². The Hall–Kier alpha value is -0.540. The van der Waals surface area contributed by atoms with Crippen LogP contribution in [-0.2, 0) is 5.88 Å².